The molecule has 0 aliphatic heterocycles. The molecule has 0 aromatic carbocycles. The molecule has 0 aliphatic carbocycles. The summed E-state index contributed by atoms with van der Waals surface area (Å²) >= 11 is 0. The molecule has 0 bridgehead atoms. The standard InChI is InChI=1S/C9H16N2O/c1-3-7(2)4-5-8-6-9(10)11-12-8/h6-7H,3-5H2,1-2H3,(H2,10,11). The second-order valence-corrected chi connectivity index (χ2v) is 3.27. The molecule has 0 saturated carbocycles. The first kappa shape index (κ1) is 9.10. The molecule has 1 heterocycles. The predicted molar refractivity (Wildman–Crippen MR) is 48.7 cm³/mol. The van der Waals surface area contributed by atoms with E-state index >= 15 is 0 Å². The van der Waals surface area contributed by atoms with Crippen LogP contribution in [0.3, 0.4) is 0 Å². The highest BCUT2D eigenvalue weighted by molar-refractivity contribution is 5.26. The van der Waals surface area contributed by atoms with Gasteiger partial charge in [-0.05, 0) is 12.3 Å². The van der Waals surface area contributed by atoms with E-state index < -0.39 is 0 Å². The number of aryl methyl sites for hydroxylation is 1. The van der Waals surface area contributed by atoms with E-state index in [9.17, 15) is 0 Å². The average Bonchev–Trinajstić information content (AvgIpc) is 2.47. The van der Waals surface area contributed by atoms with Crippen molar-refractivity contribution in [2.75, 3.05) is 5.73 Å². The third-order valence-electron chi connectivity index (χ3n) is 2.16. The Morgan fingerprint density at radius 3 is 2.92 bits per heavy atom. The van der Waals surface area contributed by atoms with E-state index in [0.717, 1.165) is 24.5 Å². The molecule has 12 heavy (non-hydrogen) atoms. The van der Waals surface area contributed by atoms with Gasteiger partial charge in [-0.1, -0.05) is 25.4 Å². The van der Waals surface area contributed by atoms with Crippen molar-refractivity contribution in [2.45, 2.75) is 33.1 Å². The zero-order chi connectivity index (χ0) is 8.97. The molecule has 0 fully saturated rings. The van der Waals surface area contributed by atoms with Crippen LogP contribution in [0.2, 0.25) is 0 Å². The van der Waals surface area contributed by atoms with Crippen molar-refractivity contribution in [3.8, 4) is 0 Å². The topological polar surface area (TPSA) is 52.0 Å². The van der Waals surface area contributed by atoms with Gasteiger partial charge in [0.25, 0.3) is 0 Å². The summed E-state index contributed by atoms with van der Waals surface area (Å²) in [4.78, 5) is 0. The maximum atomic E-state index is 5.41. The second-order valence-electron chi connectivity index (χ2n) is 3.27. The Bertz CT molecular complexity index is 232. The van der Waals surface area contributed by atoms with Crippen LogP contribution in [0.5, 0.6) is 0 Å². The van der Waals surface area contributed by atoms with Crippen molar-refractivity contribution >= 4 is 5.82 Å². The van der Waals surface area contributed by atoms with Gasteiger partial charge in [0.15, 0.2) is 5.82 Å². The highest BCUT2D eigenvalue weighted by atomic mass is 16.5. The third-order valence-corrected chi connectivity index (χ3v) is 2.16. The summed E-state index contributed by atoms with van der Waals surface area (Å²) in [5.41, 5.74) is 5.41. The zero-order valence-electron chi connectivity index (χ0n) is 7.71. The molecule has 0 saturated heterocycles. The minimum absolute atomic E-state index is 0.481. The number of nitrogen functional groups attached to an aromatic ring is 1. The molecule has 0 radical (unpaired) electrons. The van der Waals surface area contributed by atoms with Crippen molar-refractivity contribution in [3.63, 3.8) is 0 Å². The van der Waals surface area contributed by atoms with Crippen LogP contribution in [0, 0.1) is 5.92 Å². The minimum Gasteiger partial charge on any atom is -0.381 e. The van der Waals surface area contributed by atoms with Crippen LogP contribution in [0.1, 0.15) is 32.4 Å². The SMILES string of the molecule is CCC(C)CCc1cc(N)no1. The van der Waals surface area contributed by atoms with Crippen molar-refractivity contribution in [3.05, 3.63) is 11.8 Å². The molecule has 3 nitrogen and oxygen atoms in total. The van der Waals surface area contributed by atoms with Crippen molar-refractivity contribution in [1.29, 1.82) is 0 Å². The lowest BCUT2D eigenvalue weighted by Crippen LogP contribution is -1.94. The smallest absolute Gasteiger partial charge is 0.167 e. The van der Waals surface area contributed by atoms with Gasteiger partial charge in [-0.3, -0.25) is 0 Å². The summed E-state index contributed by atoms with van der Waals surface area (Å²) in [6.07, 6.45) is 3.30. The van der Waals surface area contributed by atoms with E-state index in [4.69, 9.17) is 10.3 Å². The van der Waals surface area contributed by atoms with Gasteiger partial charge in [-0.15, -0.1) is 0 Å². The van der Waals surface area contributed by atoms with Crippen molar-refractivity contribution < 1.29 is 4.52 Å². The molecule has 1 unspecified atom stereocenters. The van der Waals surface area contributed by atoms with Gasteiger partial charge in [0.1, 0.15) is 5.76 Å². The normalized spacial score (nSPS) is 13.2. The highest BCUT2D eigenvalue weighted by Gasteiger charge is 2.03. The molecular formula is C9H16N2O. The van der Waals surface area contributed by atoms with E-state index in [-0.39, 0.29) is 0 Å². The lowest BCUT2D eigenvalue weighted by Gasteiger charge is -2.04. The minimum atomic E-state index is 0.481. The molecule has 0 spiro atoms. The van der Waals surface area contributed by atoms with Crippen molar-refractivity contribution in [2.24, 2.45) is 5.92 Å². The van der Waals surface area contributed by atoms with Gasteiger partial charge in [0, 0.05) is 12.5 Å². The fraction of sp³-hybridized carbons (Fsp3) is 0.667. The van der Waals surface area contributed by atoms with Crippen LogP contribution >= 0.6 is 0 Å². The highest BCUT2D eigenvalue weighted by Crippen LogP contribution is 2.13. The van der Waals surface area contributed by atoms with Gasteiger partial charge >= 0.3 is 0 Å². The van der Waals surface area contributed by atoms with Crippen molar-refractivity contribution in [1.82, 2.24) is 5.16 Å². The lowest BCUT2D eigenvalue weighted by atomic mass is 10.0. The molecule has 1 atom stereocenters. The largest absolute Gasteiger partial charge is 0.381 e. The van der Waals surface area contributed by atoms with Gasteiger partial charge in [-0.25, -0.2) is 0 Å². The zero-order valence-corrected chi connectivity index (χ0v) is 7.71. The fourth-order valence-corrected chi connectivity index (χ4v) is 1.04. The molecule has 1 aromatic heterocycles. The number of aromatic nitrogens is 1. The third kappa shape index (κ3) is 2.57. The first-order valence-corrected chi connectivity index (χ1v) is 4.43. The summed E-state index contributed by atoms with van der Waals surface area (Å²) in [5.74, 6) is 2.12. The Labute approximate surface area is 72.9 Å². The fourth-order valence-electron chi connectivity index (χ4n) is 1.04. The second kappa shape index (κ2) is 4.14. The summed E-state index contributed by atoms with van der Waals surface area (Å²) in [6, 6.07) is 1.79. The number of anilines is 1. The molecular weight excluding hydrogens is 152 g/mol. The van der Waals surface area contributed by atoms with Crippen LogP contribution in [0.15, 0.2) is 10.6 Å². The number of hydrogen-bond acceptors (Lipinski definition) is 3. The summed E-state index contributed by atoms with van der Waals surface area (Å²) in [5, 5.41) is 3.62. The molecule has 0 amide bonds. The molecule has 1 rings (SSSR count). The van der Waals surface area contributed by atoms with Crippen LogP contribution in [-0.2, 0) is 6.42 Å². The number of rotatable bonds is 4. The van der Waals surface area contributed by atoms with Crippen LogP contribution in [-0.4, -0.2) is 5.16 Å². The quantitative estimate of drug-likeness (QED) is 0.750. The maximum absolute atomic E-state index is 5.41. The van der Waals surface area contributed by atoms with Gasteiger partial charge < -0.3 is 10.3 Å². The predicted octanol–water partition coefficient (Wildman–Crippen LogP) is 2.24. The Kier molecular flexibility index (Phi) is 3.14. The molecule has 3 heteroatoms. The van der Waals surface area contributed by atoms with E-state index in [2.05, 4.69) is 19.0 Å². The van der Waals surface area contributed by atoms with Crippen LogP contribution in [0.25, 0.3) is 0 Å². The Hall–Kier alpha value is -0.990. The van der Waals surface area contributed by atoms with E-state index in [0.29, 0.717) is 5.82 Å². The molecule has 2 N–H and O–H groups in total. The van der Waals surface area contributed by atoms with Gasteiger partial charge in [0.05, 0.1) is 0 Å². The van der Waals surface area contributed by atoms with E-state index in [1.165, 1.54) is 6.42 Å². The van der Waals surface area contributed by atoms with E-state index in [1.54, 1.807) is 6.07 Å². The number of nitrogens with two attached hydrogens (primary N) is 1. The van der Waals surface area contributed by atoms with Crippen LogP contribution in [0.4, 0.5) is 5.82 Å². The average molecular weight is 168 g/mol. The number of hydrogen-bond donors (Lipinski definition) is 1. The molecule has 1 aromatic rings. The van der Waals surface area contributed by atoms with E-state index in [1.807, 2.05) is 0 Å². The monoisotopic (exact) mass is 168 g/mol. The Morgan fingerprint density at radius 2 is 2.42 bits per heavy atom. The van der Waals surface area contributed by atoms with Crippen LogP contribution < -0.4 is 5.73 Å². The first-order valence-electron chi connectivity index (χ1n) is 4.43. The maximum Gasteiger partial charge on any atom is 0.167 e. The summed E-state index contributed by atoms with van der Waals surface area (Å²) < 4.78 is 4.98. The molecule has 0 aliphatic rings. The lowest BCUT2D eigenvalue weighted by molar-refractivity contribution is 0.371. The molecule has 68 valence electrons. The summed E-state index contributed by atoms with van der Waals surface area (Å²) in [7, 11) is 0. The summed E-state index contributed by atoms with van der Waals surface area (Å²) in [6.45, 7) is 4.43. The first-order chi connectivity index (χ1) is 5.72. The Morgan fingerprint density at radius 1 is 1.67 bits per heavy atom. The van der Waals surface area contributed by atoms with Gasteiger partial charge in [-0.2, -0.15) is 0 Å². The van der Waals surface area contributed by atoms with Gasteiger partial charge in [0.2, 0.25) is 0 Å². The Balaban J connectivity index is 2.33. The number of nitrogens with zero attached hydrogens (tertiary/aromatic N) is 1.